The predicted octanol–water partition coefficient (Wildman–Crippen LogP) is 9.37. The van der Waals surface area contributed by atoms with Crippen LogP contribution in [0.4, 0.5) is 0 Å². The molecule has 0 aliphatic heterocycles. The fourth-order valence-corrected chi connectivity index (χ4v) is 13.4. The molecule has 0 spiro atoms. The Morgan fingerprint density at radius 1 is 0.500 bits per heavy atom. The van der Waals surface area contributed by atoms with Gasteiger partial charge in [-0.25, -0.2) is 0 Å². The van der Waals surface area contributed by atoms with Crippen molar-refractivity contribution in [3.05, 3.63) is 103 Å². The summed E-state index contributed by atoms with van der Waals surface area (Å²) >= 11 is 5.37. The summed E-state index contributed by atoms with van der Waals surface area (Å²) in [6, 6.07) is 33.7. The zero-order valence-electron chi connectivity index (χ0n) is 20.3. The zero-order chi connectivity index (χ0) is 24.0. The maximum absolute atomic E-state index is 2.88. The third-order valence-electron chi connectivity index (χ3n) is 6.75. The first kappa shape index (κ1) is 27.9. The molecule has 182 valence electrons. The second kappa shape index (κ2) is 14.8. The molecule has 3 aromatic rings. The van der Waals surface area contributed by atoms with E-state index in [-0.39, 0.29) is 0 Å². The average Bonchev–Trinajstić information content (AvgIpc) is 2.91. The molecular formula is C31H39I2P. The van der Waals surface area contributed by atoms with E-state index in [0.29, 0.717) is 0 Å². The number of halogens is 2. The van der Waals surface area contributed by atoms with Gasteiger partial charge in [0.2, 0.25) is 0 Å². The summed E-state index contributed by atoms with van der Waals surface area (Å²) in [5.41, 5.74) is 0. The maximum atomic E-state index is 2.88. The van der Waals surface area contributed by atoms with Gasteiger partial charge in [0.25, 0.3) is 0 Å². The molecule has 0 aliphatic carbocycles. The van der Waals surface area contributed by atoms with Crippen LogP contribution in [0, 0.1) is 0 Å². The number of hydrogen-bond acceptors (Lipinski definition) is 0. The molecule has 0 unspecified atom stereocenters. The van der Waals surface area contributed by atoms with E-state index in [0.717, 1.165) is 6.16 Å². The summed E-state index contributed by atoms with van der Waals surface area (Å²) in [4.78, 5) is 0. The summed E-state index contributed by atoms with van der Waals surface area (Å²) in [6.07, 6.45) is 18.3. The van der Waals surface area contributed by atoms with Gasteiger partial charge in [0, 0.05) is 0 Å². The van der Waals surface area contributed by atoms with Crippen LogP contribution < -0.4 is 15.9 Å². The van der Waals surface area contributed by atoms with Crippen LogP contribution in [-0.2, 0) is 0 Å². The molecule has 0 N–H and O–H groups in total. The van der Waals surface area contributed by atoms with Gasteiger partial charge in [-0.3, -0.25) is 0 Å². The van der Waals surface area contributed by atoms with E-state index >= 15 is 0 Å². The minimum atomic E-state index is -2.65. The van der Waals surface area contributed by atoms with Crippen LogP contribution in [-0.4, -0.2) is 10.6 Å². The van der Waals surface area contributed by atoms with Crippen molar-refractivity contribution >= 4 is 64.8 Å². The molecule has 0 saturated heterocycles. The number of alkyl halides is 1. The molecule has 0 aliphatic rings. The fraction of sp³-hybridized carbons (Fsp3) is 0.355. The number of benzene rings is 3. The Morgan fingerprint density at radius 3 is 1.29 bits per heavy atom. The summed E-state index contributed by atoms with van der Waals surface area (Å²) in [7, 11) is 0. The standard InChI is InChI=1S/C31H39I2P/c32-27-19-8-6-4-2-1-3-5-7-9-20-28-34(33,29-21-13-10-14-22-29,30-23-15-11-16-24-30)31-25-17-12-18-26-31/h9-18,20-26H,1-8,19,27-28H2. The summed E-state index contributed by atoms with van der Waals surface area (Å²) in [5.74, 6) is 0. The third-order valence-corrected chi connectivity index (χ3v) is 18.7. The first-order valence-corrected chi connectivity index (χ1v) is 19.5. The van der Waals surface area contributed by atoms with Crippen molar-refractivity contribution in [2.75, 3.05) is 10.6 Å². The Hall–Kier alpha value is -0.710. The van der Waals surface area contributed by atoms with Crippen molar-refractivity contribution in [2.24, 2.45) is 0 Å². The molecule has 0 bridgehead atoms. The Morgan fingerprint density at radius 2 is 0.882 bits per heavy atom. The van der Waals surface area contributed by atoms with Gasteiger partial charge in [-0.2, -0.15) is 0 Å². The zero-order valence-corrected chi connectivity index (χ0v) is 25.5. The molecule has 0 saturated carbocycles. The molecule has 3 heteroatoms. The van der Waals surface area contributed by atoms with Gasteiger partial charge >= 0.3 is 209 Å². The van der Waals surface area contributed by atoms with Crippen LogP contribution in [0.15, 0.2) is 103 Å². The van der Waals surface area contributed by atoms with Crippen molar-refractivity contribution in [3.8, 4) is 0 Å². The van der Waals surface area contributed by atoms with Crippen LogP contribution in [0.2, 0.25) is 0 Å². The van der Waals surface area contributed by atoms with Gasteiger partial charge in [0.15, 0.2) is 0 Å². The van der Waals surface area contributed by atoms with Crippen molar-refractivity contribution < 1.29 is 0 Å². The predicted molar refractivity (Wildman–Crippen MR) is 174 cm³/mol. The summed E-state index contributed by atoms with van der Waals surface area (Å²) in [6.45, 7) is 0. The summed E-state index contributed by atoms with van der Waals surface area (Å²) in [5, 5.41) is 4.37. The van der Waals surface area contributed by atoms with Gasteiger partial charge in [0.1, 0.15) is 0 Å². The summed E-state index contributed by atoms with van der Waals surface area (Å²) < 4.78 is -1.34. The molecule has 0 aromatic heterocycles. The quantitative estimate of drug-likeness (QED) is 0.0489. The molecule has 0 atom stereocenters. The van der Waals surface area contributed by atoms with E-state index in [4.69, 9.17) is 0 Å². The van der Waals surface area contributed by atoms with E-state index in [9.17, 15) is 0 Å². The molecule has 0 fully saturated rings. The molecule has 0 amide bonds. The van der Waals surface area contributed by atoms with Crippen LogP contribution in [0.5, 0.6) is 0 Å². The average molecular weight is 696 g/mol. The molecule has 0 heterocycles. The van der Waals surface area contributed by atoms with E-state index in [1.165, 1.54) is 78.1 Å². The van der Waals surface area contributed by atoms with Crippen LogP contribution in [0.3, 0.4) is 0 Å². The Balaban J connectivity index is 1.72. The van der Waals surface area contributed by atoms with E-state index in [1.807, 2.05) is 0 Å². The minimum absolute atomic E-state index is 1.06. The monoisotopic (exact) mass is 696 g/mol. The van der Waals surface area contributed by atoms with Gasteiger partial charge < -0.3 is 0 Å². The van der Waals surface area contributed by atoms with Gasteiger partial charge in [-0.1, -0.05) is 22.6 Å². The molecule has 3 rings (SSSR count). The Labute approximate surface area is 234 Å². The molecule has 34 heavy (non-hydrogen) atoms. The second-order valence-corrected chi connectivity index (χ2v) is 20.9. The Kier molecular flexibility index (Phi) is 12.1. The van der Waals surface area contributed by atoms with E-state index in [2.05, 4.69) is 148 Å². The third kappa shape index (κ3) is 7.17. The molecule has 0 nitrogen and oxygen atoms in total. The van der Waals surface area contributed by atoms with Crippen molar-refractivity contribution in [2.45, 2.75) is 57.8 Å². The van der Waals surface area contributed by atoms with E-state index in [1.54, 1.807) is 0 Å². The van der Waals surface area contributed by atoms with Crippen molar-refractivity contribution in [3.63, 3.8) is 0 Å². The normalized spacial score (nSPS) is 13.1. The molecular weight excluding hydrogens is 657 g/mol. The second-order valence-electron chi connectivity index (χ2n) is 9.15. The number of unbranched alkanes of at least 4 members (excludes halogenated alkanes) is 8. The van der Waals surface area contributed by atoms with Crippen LogP contribution in [0.1, 0.15) is 57.8 Å². The number of hydrogen-bond donors (Lipinski definition) is 0. The first-order chi connectivity index (χ1) is 16.7. The fourth-order valence-electron chi connectivity index (χ4n) is 4.79. The SMILES string of the molecule is ICCCCCCCCCCC=CCP(I)(c1ccccc1)(c1ccccc1)c1ccccc1. The van der Waals surface area contributed by atoms with E-state index < -0.39 is 4.25 Å². The number of rotatable bonds is 15. The van der Waals surface area contributed by atoms with Gasteiger partial charge in [-0.15, -0.1) is 0 Å². The molecule has 0 radical (unpaired) electrons. The number of allylic oxidation sites excluding steroid dienone is 2. The first-order valence-electron chi connectivity index (χ1n) is 12.8. The molecule has 3 aromatic carbocycles. The van der Waals surface area contributed by atoms with Crippen molar-refractivity contribution in [1.29, 1.82) is 0 Å². The topological polar surface area (TPSA) is 0 Å². The van der Waals surface area contributed by atoms with Crippen LogP contribution in [0.25, 0.3) is 0 Å². The van der Waals surface area contributed by atoms with Crippen molar-refractivity contribution in [1.82, 2.24) is 0 Å². The van der Waals surface area contributed by atoms with Gasteiger partial charge in [0.05, 0.1) is 0 Å². The van der Waals surface area contributed by atoms with Gasteiger partial charge in [-0.05, 0) is 4.43 Å². The Bertz CT molecular complexity index is 871. The van der Waals surface area contributed by atoms with Crippen LogP contribution >= 0.6 is 48.9 Å².